The number of rotatable bonds is 6. The molecule has 4 N–H and O–H groups in total. The summed E-state index contributed by atoms with van der Waals surface area (Å²) in [5, 5.41) is 7.18. The van der Waals surface area contributed by atoms with E-state index in [9.17, 15) is 14.0 Å². The van der Waals surface area contributed by atoms with Crippen LogP contribution in [0.2, 0.25) is 0 Å². The van der Waals surface area contributed by atoms with Gasteiger partial charge in [0.1, 0.15) is 11.6 Å². The summed E-state index contributed by atoms with van der Waals surface area (Å²) in [5.74, 6) is 0.223. The Kier molecular flexibility index (Phi) is 8.19. The second kappa shape index (κ2) is 11.7. The molecule has 4 fully saturated rings. The molecule has 1 aliphatic carbocycles. The van der Waals surface area contributed by atoms with Crippen molar-refractivity contribution in [3.63, 3.8) is 0 Å². The first-order valence-electron chi connectivity index (χ1n) is 15.0. The zero-order valence-corrected chi connectivity index (χ0v) is 23.9. The number of ether oxygens (including phenoxy) is 2. The molecule has 0 bridgehead atoms. The monoisotopic (exact) mass is 570 g/mol. The Labute approximate surface area is 241 Å². The fraction of sp³-hybridized carbons (Fsp3) is 0.667. The number of piperazine rings is 1. The van der Waals surface area contributed by atoms with E-state index in [0.717, 1.165) is 31.4 Å². The first-order valence-corrected chi connectivity index (χ1v) is 15.0. The summed E-state index contributed by atoms with van der Waals surface area (Å²) in [5.41, 5.74) is 5.99. The number of ketones is 1. The summed E-state index contributed by atoms with van der Waals surface area (Å²) in [6, 6.07) is 4.28. The molecular formula is C30H43FN6O4. The maximum atomic E-state index is 14.3. The topological polar surface area (TPSA) is 112 Å². The quantitative estimate of drug-likeness (QED) is 0.428. The third kappa shape index (κ3) is 5.44. The molecule has 4 heterocycles. The lowest BCUT2D eigenvalue weighted by Gasteiger charge is -2.55. The van der Waals surface area contributed by atoms with Gasteiger partial charge in [-0.2, -0.15) is 0 Å². The smallest absolute Gasteiger partial charge is 0.246 e. The van der Waals surface area contributed by atoms with Crippen LogP contribution in [0.25, 0.3) is 0 Å². The van der Waals surface area contributed by atoms with Crippen LogP contribution in [0.15, 0.2) is 30.9 Å². The third-order valence-electron chi connectivity index (χ3n) is 9.99. The molecule has 0 aromatic heterocycles. The van der Waals surface area contributed by atoms with Crippen molar-refractivity contribution in [2.24, 2.45) is 11.7 Å². The van der Waals surface area contributed by atoms with E-state index in [1.165, 1.54) is 18.2 Å². The molecule has 1 amide bonds. The van der Waals surface area contributed by atoms with Crippen molar-refractivity contribution in [1.82, 2.24) is 25.3 Å². The van der Waals surface area contributed by atoms with E-state index in [1.807, 2.05) is 0 Å². The van der Waals surface area contributed by atoms with E-state index >= 15 is 0 Å². The summed E-state index contributed by atoms with van der Waals surface area (Å²) in [6.45, 7) is 7.42. The van der Waals surface area contributed by atoms with Crippen LogP contribution in [-0.4, -0.2) is 109 Å². The van der Waals surface area contributed by atoms with Gasteiger partial charge in [0.2, 0.25) is 5.91 Å². The maximum absolute atomic E-state index is 14.3. The van der Waals surface area contributed by atoms with Gasteiger partial charge in [-0.15, -0.1) is 0 Å². The van der Waals surface area contributed by atoms with E-state index in [4.69, 9.17) is 15.2 Å². The highest BCUT2D eigenvalue weighted by molar-refractivity contribution is 5.94. The van der Waals surface area contributed by atoms with Gasteiger partial charge in [-0.25, -0.2) is 4.39 Å². The van der Waals surface area contributed by atoms with Gasteiger partial charge in [0.05, 0.1) is 24.9 Å². The lowest BCUT2D eigenvalue weighted by Crippen LogP contribution is -2.76. The number of nitrogens with zero attached hydrogens (tertiary/aromatic N) is 3. The first-order chi connectivity index (χ1) is 19.8. The van der Waals surface area contributed by atoms with Gasteiger partial charge in [-0.05, 0) is 82.0 Å². The fourth-order valence-corrected chi connectivity index (χ4v) is 7.60. The van der Waals surface area contributed by atoms with Gasteiger partial charge in [0, 0.05) is 38.1 Å². The predicted octanol–water partition coefficient (Wildman–Crippen LogP) is 0.808. The Balaban J connectivity index is 1.23. The zero-order valence-electron chi connectivity index (χ0n) is 23.9. The zero-order chi connectivity index (χ0) is 28.7. The molecule has 41 heavy (non-hydrogen) atoms. The fourth-order valence-electron chi connectivity index (χ4n) is 7.60. The van der Waals surface area contributed by atoms with Gasteiger partial charge >= 0.3 is 0 Å². The average Bonchev–Trinajstić information content (AvgIpc) is 3.41. The number of nitrogens with two attached hydrogens (primary N) is 1. The Bertz CT molecular complexity index is 1170. The normalized spacial score (nSPS) is 36.1. The number of Topliss-reactive ketones (excluding diaryl/α,β-unsaturated/α-hetero) is 1. The number of benzene rings is 1. The van der Waals surface area contributed by atoms with Crippen molar-refractivity contribution >= 4 is 11.7 Å². The largest absolute Gasteiger partial charge is 0.479 e. The number of nitrogens with one attached hydrogen (secondary N) is 2. The number of hydrogen-bond acceptors (Lipinski definition) is 9. The standard InChI is InChI=1S/C30H43FN6O4/c1-3-25(38)37-14-13-36(17-22(37)16-32)28-23-9-11-30(10-8-19-15-20(31)6-7-24(19)41-30)27(39)26(23)33-29(34-28)40-18-21-5-4-12-35(21)2/h3,6-7,15,21-23,26,28-29,33-34H,1,4-5,8-14,16-18,32H2,2H3/t21?,22?,23?,26?,28?,29?,30-/m0/s1. The van der Waals surface area contributed by atoms with Crippen LogP contribution in [0.5, 0.6) is 5.75 Å². The van der Waals surface area contributed by atoms with Crippen molar-refractivity contribution in [3.8, 4) is 5.75 Å². The second-order valence-corrected chi connectivity index (χ2v) is 12.3. The maximum Gasteiger partial charge on any atom is 0.246 e. The van der Waals surface area contributed by atoms with Crippen molar-refractivity contribution in [2.75, 3.05) is 46.4 Å². The molecule has 5 aliphatic rings. The summed E-state index contributed by atoms with van der Waals surface area (Å²) in [6.07, 6.45) is 5.44. The minimum absolute atomic E-state index is 0.0135. The van der Waals surface area contributed by atoms with Crippen LogP contribution < -0.4 is 21.1 Å². The van der Waals surface area contributed by atoms with Crippen LogP contribution in [0.1, 0.15) is 37.7 Å². The van der Waals surface area contributed by atoms with E-state index in [1.54, 1.807) is 11.0 Å². The third-order valence-corrected chi connectivity index (χ3v) is 9.99. The predicted molar refractivity (Wildman–Crippen MR) is 151 cm³/mol. The SMILES string of the molecule is C=CC(=O)N1CCN(C2NC(OCC3CCCN3C)NC3C(=O)[C@]4(CCc5cc(F)ccc5O4)CCC32)CC1CN. The number of amides is 1. The van der Waals surface area contributed by atoms with Crippen LogP contribution in [0, 0.1) is 11.7 Å². The lowest BCUT2D eigenvalue weighted by atomic mass is 9.69. The van der Waals surface area contributed by atoms with Gasteiger partial charge < -0.3 is 25.0 Å². The van der Waals surface area contributed by atoms with Gasteiger partial charge in [-0.1, -0.05) is 6.58 Å². The number of fused-ring (bicyclic) bond motifs is 2. The summed E-state index contributed by atoms with van der Waals surface area (Å²) >= 11 is 0. The van der Waals surface area contributed by atoms with E-state index in [2.05, 4.69) is 34.1 Å². The highest BCUT2D eigenvalue weighted by atomic mass is 19.1. The van der Waals surface area contributed by atoms with Crippen molar-refractivity contribution < 1.29 is 23.5 Å². The molecule has 224 valence electrons. The number of hydrogen-bond donors (Lipinski definition) is 3. The van der Waals surface area contributed by atoms with Crippen molar-refractivity contribution in [3.05, 3.63) is 42.2 Å². The first kappa shape index (κ1) is 28.7. The number of carbonyl (C=O) groups is 2. The number of halogens is 1. The molecule has 1 spiro atoms. The van der Waals surface area contributed by atoms with E-state index < -0.39 is 18.0 Å². The van der Waals surface area contributed by atoms with E-state index in [0.29, 0.717) is 63.8 Å². The summed E-state index contributed by atoms with van der Waals surface area (Å²) in [4.78, 5) is 33.2. The summed E-state index contributed by atoms with van der Waals surface area (Å²) in [7, 11) is 2.12. The number of likely N-dealkylation sites (N-methyl/N-ethyl adjacent to an activating group) is 1. The average molecular weight is 571 g/mol. The van der Waals surface area contributed by atoms with Gasteiger partial charge in [0.25, 0.3) is 0 Å². The minimum Gasteiger partial charge on any atom is -0.479 e. The van der Waals surface area contributed by atoms with Crippen LogP contribution in [0.4, 0.5) is 4.39 Å². The number of aryl methyl sites for hydroxylation is 1. The second-order valence-electron chi connectivity index (χ2n) is 12.3. The lowest BCUT2D eigenvalue weighted by molar-refractivity contribution is -0.160. The van der Waals surface area contributed by atoms with Crippen LogP contribution in [0.3, 0.4) is 0 Å². The Morgan fingerprint density at radius 3 is 2.85 bits per heavy atom. The summed E-state index contributed by atoms with van der Waals surface area (Å²) < 4.78 is 26.7. The molecular weight excluding hydrogens is 527 g/mol. The highest BCUT2D eigenvalue weighted by Gasteiger charge is 2.56. The molecule has 6 unspecified atom stereocenters. The Morgan fingerprint density at radius 2 is 2.10 bits per heavy atom. The number of likely N-dealkylation sites (tertiary alicyclic amines) is 1. The Hall–Kier alpha value is -2.41. The van der Waals surface area contributed by atoms with Gasteiger partial charge in [-0.3, -0.25) is 25.1 Å². The number of carbonyl (C=O) groups excluding carboxylic acids is 2. The molecule has 7 atom stereocenters. The minimum atomic E-state index is -0.939. The molecule has 1 saturated carbocycles. The van der Waals surface area contributed by atoms with Crippen LogP contribution in [-0.2, 0) is 20.7 Å². The Morgan fingerprint density at radius 1 is 1.24 bits per heavy atom. The van der Waals surface area contributed by atoms with Crippen molar-refractivity contribution in [2.45, 2.75) is 74.8 Å². The molecule has 6 rings (SSSR count). The van der Waals surface area contributed by atoms with Gasteiger partial charge in [0.15, 0.2) is 17.7 Å². The molecule has 10 nitrogen and oxygen atoms in total. The molecule has 11 heteroatoms. The van der Waals surface area contributed by atoms with Crippen LogP contribution >= 0.6 is 0 Å². The molecule has 4 aliphatic heterocycles. The molecule has 1 aromatic carbocycles. The van der Waals surface area contributed by atoms with E-state index in [-0.39, 0.29) is 35.6 Å². The highest BCUT2D eigenvalue weighted by Crippen LogP contribution is 2.44. The molecule has 1 aromatic rings. The molecule has 0 radical (unpaired) electrons. The van der Waals surface area contributed by atoms with Crippen molar-refractivity contribution in [1.29, 1.82) is 0 Å². The molecule has 3 saturated heterocycles.